The summed E-state index contributed by atoms with van der Waals surface area (Å²) in [5.74, 6) is 1.87. The summed E-state index contributed by atoms with van der Waals surface area (Å²) in [6.45, 7) is 9.60. The van der Waals surface area contributed by atoms with Crippen LogP contribution in [0.2, 0.25) is 0 Å². The third kappa shape index (κ3) is 4.72. The number of para-hydroxylation sites is 2. The van der Waals surface area contributed by atoms with Crippen molar-refractivity contribution < 1.29 is 4.42 Å². The SMILES string of the molecule is CC1(C)CCC(C)(C)c2cc3c(cc21)c1ccccc1n3-c1ccc(-c2nc(-c3ccccc3)nc(-c3cccc4oc5ccccc5c34)n2)cc1. The van der Waals surface area contributed by atoms with E-state index in [9.17, 15) is 0 Å². The fourth-order valence-electron chi connectivity index (χ4n) is 8.37. The van der Waals surface area contributed by atoms with E-state index in [0.717, 1.165) is 44.3 Å². The van der Waals surface area contributed by atoms with E-state index in [2.05, 4.69) is 105 Å². The maximum absolute atomic E-state index is 6.23. The van der Waals surface area contributed by atoms with Gasteiger partial charge in [0.05, 0.1) is 11.0 Å². The molecule has 0 amide bonds. The Morgan fingerprint density at radius 2 is 1.10 bits per heavy atom. The lowest BCUT2D eigenvalue weighted by Gasteiger charge is -2.42. The quantitative estimate of drug-likeness (QED) is 0.186. The molecule has 252 valence electrons. The first kappa shape index (κ1) is 30.7. The van der Waals surface area contributed by atoms with Gasteiger partial charge in [-0.3, -0.25) is 0 Å². The Hall–Kier alpha value is -6.07. The van der Waals surface area contributed by atoms with Gasteiger partial charge in [0.25, 0.3) is 0 Å². The number of fused-ring (bicyclic) bond motifs is 7. The third-order valence-electron chi connectivity index (χ3n) is 11.3. The van der Waals surface area contributed by atoms with Crippen LogP contribution in [0.25, 0.3) is 83.6 Å². The van der Waals surface area contributed by atoms with E-state index in [1.165, 1.54) is 45.8 Å². The average Bonchev–Trinajstić information content (AvgIpc) is 3.72. The van der Waals surface area contributed by atoms with Gasteiger partial charge in [-0.2, -0.15) is 0 Å². The lowest BCUT2D eigenvalue weighted by molar-refractivity contribution is 0.332. The number of hydrogen-bond donors (Lipinski definition) is 0. The molecule has 0 saturated heterocycles. The zero-order valence-electron chi connectivity index (χ0n) is 29.8. The second kappa shape index (κ2) is 11.2. The topological polar surface area (TPSA) is 56.7 Å². The smallest absolute Gasteiger partial charge is 0.164 e. The minimum Gasteiger partial charge on any atom is -0.456 e. The van der Waals surface area contributed by atoms with Crippen molar-refractivity contribution in [1.29, 1.82) is 0 Å². The summed E-state index contributed by atoms with van der Waals surface area (Å²) in [6.07, 6.45) is 2.37. The van der Waals surface area contributed by atoms with Gasteiger partial charge in [0, 0.05) is 43.9 Å². The maximum Gasteiger partial charge on any atom is 0.164 e. The van der Waals surface area contributed by atoms with Gasteiger partial charge in [-0.15, -0.1) is 0 Å². The Labute approximate surface area is 302 Å². The maximum atomic E-state index is 6.23. The van der Waals surface area contributed by atoms with E-state index >= 15 is 0 Å². The molecule has 0 saturated carbocycles. The highest BCUT2D eigenvalue weighted by Crippen LogP contribution is 2.48. The molecule has 0 radical (unpaired) electrons. The van der Waals surface area contributed by atoms with Gasteiger partial charge < -0.3 is 8.98 Å². The van der Waals surface area contributed by atoms with Crippen LogP contribution in [0.4, 0.5) is 0 Å². The van der Waals surface area contributed by atoms with Crippen molar-refractivity contribution in [1.82, 2.24) is 19.5 Å². The van der Waals surface area contributed by atoms with Gasteiger partial charge in [-0.05, 0) is 89.4 Å². The Bertz CT molecular complexity index is 2840. The van der Waals surface area contributed by atoms with Gasteiger partial charge >= 0.3 is 0 Å². The van der Waals surface area contributed by atoms with Crippen molar-refractivity contribution in [3.8, 4) is 39.9 Å². The van der Waals surface area contributed by atoms with Crippen molar-refractivity contribution in [2.75, 3.05) is 0 Å². The summed E-state index contributed by atoms with van der Waals surface area (Å²) in [4.78, 5) is 15.2. The van der Waals surface area contributed by atoms with Crippen LogP contribution in [0.15, 0.2) is 138 Å². The van der Waals surface area contributed by atoms with Gasteiger partial charge in [0.1, 0.15) is 11.2 Å². The molecule has 3 aromatic heterocycles. The van der Waals surface area contributed by atoms with E-state index < -0.39 is 0 Å². The fraction of sp³-hybridized carbons (Fsp3) is 0.170. The van der Waals surface area contributed by atoms with E-state index in [1.54, 1.807) is 0 Å². The molecule has 0 N–H and O–H groups in total. The minimum absolute atomic E-state index is 0.115. The summed E-state index contributed by atoms with van der Waals surface area (Å²) in [5.41, 5.74) is 11.2. The van der Waals surface area contributed by atoms with E-state index in [1.807, 2.05) is 60.7 Å². The second-order valence-electron chi connectivity index (χ2n) is 15.5. The summed E-state index contributed by atoms with van der Waals surface area (Å²) < 4.78 is 8.65. The van der Waals surface area contributed by atoms with E-state index in [0.29, 0.717) is 17.5 Å². The van der Waals surface area contributed by atoms with Crippen molar-refractivity contribution >= 4 is 43.7 Å². The molecule has 0 fully saturated rings. The van der Waals surface area contributed by atoms with E-state index in [4.69, 9.17) is 19.4 Å². The standard InChI is InChI=1S/C47H38N4O/c1-46(2)25-26-47(3,4)37-28-39-35(27-36(37)46)32-15-8-10-18-38(32)51(39)31-23-21-30(22-24-31)44-48-43(29-13-6-5-7-14-29)49-45(50-44)34-17-12-20-41-42(34)33-16-9-11-19-40(33)52-41/h5-24,27-28H,25-26H2,1-4H3. The van der Waals surface area contributed by atoms with Gasteiger partial charge in [-0.25, -0.2) is 15.0 Å². The largest absolute Gasteiger partial charge is 0.456 e. The lowest BCUT2D eigenvalue weighted by atomic mass is 9.63. The molecule has 0 unspecified atom stereocenters. The number of furan rings is 1. The summed E-state index contributed by atoms with van der Waals surface area (Å²) in [6, 6.07) is 46.8. The predicted octanol–water partition coefficient (Wildman–Crippen LogP) is 12.2. The van der Waals surface area contributed by atoms with Crippen LogP contribution in [0.1, 0.15) is 51.7 Å². The molecule has 5 heteroatoms. The molecule has 0 aliphatic heterocycles. The fourth-order valence-corrected chi connectivity index (χ4v) is 8.37. The molecular weight excluding hydrogens is 637 g/mol. The molecule has 10 rings (SSSR count). The molecule has 5 nitrogen and oxygen atoms in total. The van der Waals surface area contributed by atoms with Crippen LogP contribution >= 0.6 is 0 Å². The molecule has 0 bridgehead atoms. The number of benzene rings is 6. The van der Waals surface area contributed by atoms with Crippen molar-refractivity contribution in [3.05, 3.63) is 145 Å². The van der Waals surface area contributed by atoms with Crippen LogP contribution in [0.5, 0.6) is 0 Å². The van der Waals surface area contributed by atoms with Crippen molar-refractivity contribution in [3.63, 3.8) is 0 Å². The van der Waals surface area contributed by atoms with Crippen LogP contribution in [-0.2, 0) is 10.8 Å². The zero-order chi connectivity index (χ0) is 35.2. The average molecular weight is 675 g/mol. The predicted molar refractivity (Wildman–Crippen MR) is 213 cm³/mol. The number of hydrogen-bond acceptors (Lipinski definition) is 4. The molecule has 0 atom stereocenters. The van der Waals surface area contributed by atoms with Crippen molar-refractivity contribution in [2.24, 2.45) is 0 Å². The number of aromatic nitrogens is 4. The van der Waals surface area contributed by atoms with Crippen molar-refractivity contribution in [2.45, 2.75) is 51.4 Å². The molecule has 9 aromatic rings. The van der Waals surface area contributed by atoms with Crippen LogP contribution in [0.3, 0.4) is 0 Å². The van der Waals surface area contributed by atoms with Crippen LogP contribution < -0.4 is 0 Å². The molecule has 3 heterocycles. The molecule has 0 spiro atoms. The van der Waals surface area contributed by atoms with Crippen LogP contribution in [-0.4, -0.2) is 19.5 Å². The molecule has 1 aliphatic carbocycles. The number of nitrogens with zero attached hydrogens (tertiary/aromatic N) is 4. The highest BCUT2D eigenvalue weighted by Gasteiger charge is 2.37. The second-order valence-corrected chi connectivity index (χ2v) is 15.5. The summed E-state index contributed by atoms with van der Waals surface area (Å²) in [7, 11) is 0. The molecule has 52 heavy (non-hydrogen) atoms. The van der Waals surface area contributed by atoms with Gasteiger partial charge in [0.15, 0.2) is 17.5 Å². The first-order valence-corrected chi connectivity index (χ1v) is 18.2. The Kier molecular flexibility index (Phi) is 6.63. The Morgan fingerprint density at radius 1 is 0.500 bits per heavy atom. The molecular formula is C47H38N4O. The minimum atomic E-state index is 0.115. The Balaban J connectivity index is 1.15. The molecule has 1 aliphatic rings. The lowest BCUT2D eigenvalue weighted by Crippen LogP contribution is -2.33. The Morgan fingerprint density at radius 3 is 1.85 bits per heavy atom. The number of rotatable bonds is 4. The first-order chi connectivity index (χ1) is 25.2. The highest BCUT2D eigenvalue weighted by molar-refractivity contribution is 6.12. The summed E-state index contributed by atoms with van der Waals surface area (Å²) in [5, 5.41) is 4.63. The first-order valence-electron chi connectivity index (χ1n) is 18.2. The zero-order valence-corrected chi connectivity index (χ0v) is 29.8. The van der Waals surface area contributed by atoms with Crippen LogP contribution in [0, 0.1) is 0 Å². The van der Waals surface area contributed by atoms with Gasteiger partial charge in [-0.1, -0.05) is 107 Å². The third-order valence-corrected chi connectivity index (χ3v) is 11.3. The summed E-state index contributed by atoms with van der Waals surface area (Å²) >= 11 is 0. The normalized spacial score (nSPS) is 15.1. The van der Waals surface area contributed by atoms with E-state index in [-0.39, 0.29) is 10.8 Å². The monoisotopic (exact) mass is 674 g/mol. The van der Waals surface area contributed by atoms with Gasteiger partial charge in [0.2, 0.25) is 0 Å². The molecule has 6 aromatic carbocycles. The highest BCUT2D eigenvalue weighted by atomic mass is 16.3.